The Labute approximate surface area is 119 Å². The standard InChI is InChI=1S/C15H14F4N2/c16-10-4-5-13(17)9(6-10)7-11(21-20)8-12-14(18)2-1-3-15(12)19/h1-6,11,21H,7-8,20H2. The SMILES string of the molecule is NNC(Cc1cc(F)ccc1F)Cc1c(F)cccc1F. The van der Waals surface area contributed by atoms with Crippen molar-refractivity contribution in [1.82, 2.24) is 5.43 Å². The molecule has 2 aromatic carbocycles. The molecule has 0 aliphatic heterocycles. The smallest absolute Gasteiger partial charge is 0.129 e. The minimum Gasteiger partial charge on any atom is -0.271 e. The van der Waals surface area contributed by atoms with Crippen LogP contribution < -0.4 is 11.3 Å². The number of nitrogens with one attached hydrogen (secondary N) is 1. The summed E-state index contributed by atoms with van der Waals surface area (Å²) in [5.41, 5.74) is 2.33. The third kappa shape index (κ3) is 3.80. The van der Waals surface area contributed by atoms with Crippen molar-refractivity contribution in [3.05, 3.63) is 70.8 Å². The molecular formula is C15H14F4N2. The second-order valence-electron chi connectivity index (χ2n) is 4.71. The van der Waals surface area contributed by atoms with Crippen LogP contribution in [-0.4, -0.2) is 6.04 Å². The van der Waals surface area contributed by atoms with Crippen molar-refractivity contribution in [3.63, 3.8) is 0 Å². The first-order valence-electron chi connectivity index (χ1n) is 6.34. The highest BCUT2D eigenvalue weighted by atomic mass is 19.1. The molecule has 0 bridgehead atoms. The van der Waals surface area contributed by atoms with E-state index in [-0.39, 0.29) is 24.0 Å². The Morgan fingerprint density at radius 1 is 0.905 bits per heavy atom. The molecule has 1 unspecified atom stereocenters. The van der Waals surface area contributed by atoms with E-state index >= 15 is 0 Å². The van der Waals surface area contributed by atoms with E-state index in [1.807, 2.05) is 0 Å². The largest absolute Gasteiger partial charge is 0.271 e. The first-order valence-corrected chi connectivity index (χ1v) is 6.34. The third-order valence-corrected chi connectivity index (χ3v) is 3.22. The predicted octanol–water partition coefficient (Wildman–Crippen LogP) is 2.86. The van der Waals surface area contributed by atoms with Crippen molar-refractivity contribution in [3.8, 4) is 0 Å². The topological polar surface area (TPSA) is 38.0 Å². The van der Waals surface area contributed by atoms with Gasteiger partial charge in [-0.05, 0) is 48.7 Å². The predicted molar refractivity (Wildman–Crippen MR) is 71.2 cm³/mol. The molecule has 1 atom stereocenters. The Hall–Kier alpha value is -1.92. The highest BCUT2D eigenvalue weighted by Crippen LogP contribution is 2.17. The van der Waals surface area contributed by atoms with E-state index in [0.29, 0.717) is 0 Å². The zero-order chi connectivity index (χ0) is 15.4. The quantitative estimate of drug-likeness (QED) is 0.506. The van der Waals surface area contributed by atoms with E-state index in [9.17, 15) is 17.6 Å². The van der Waals surface area contributed by atoms with Crippen LogP contribution in [0.4, 0.5) is 17.6 Å². The van der Waals surface area contributed by atoms with Gasteiger partial charge in [0.1, 0.15) is 23.3 Å². The third-order valence-electron chi connectivity index (χ3n) is 3.22. The van der Waals surface area contributed by atoms with Crippen molar-refractivity contribution in [2.24, 2.45) is 5.84 Å². The van der Waals surface area contributed by atoms with Crippen LogP contribution in [0, 0.1) is 23.3 Å². The molecule has 0 aliphatic rings. The maximum atomic E-state index is 13.6. The van der Waals surface area contributed by atoms with Gasteiger partial charge in [0.05, 0.1) is 0 Å². The number of nitrogens with two attached hydrogens (primary N) is 1. The normalized spacial score (nSPS) is 12.4. The lowest BCUT2D eigenvalue weighted by Gasteiger charge is -2.17. The molecule has 112 valence electrons. The van der Waals surface area contributed by atoms with Gasteiger partial charge in [0, 0.05) is 11.6 Å². The molecule has 0 saturated heterocycles. The molecular weight excluding hydrogens is 284 g/mol. The van der Waals surface area contributed by atoms with Gasteiger partial charge in [-0.2, -0.15) is 0 Å². The summed E-state index contributed by atoms with van der Waals surface area (Å²) in [6, 6.07) is 5.93. The van der Waals surface area contributed by atoms with E-state index in [0.717, 1.165) is 30.3 Å². The Balaban J connectivity index is 2.19. The van der Waals surface area contributed by atoms with E-state index in [4.69, 9.17) is 5.84 Å². The van der Waals surface area contributed by atoms with Crippen LogP contribution in [0.15, 0.2) is 36.4 Å². The van der Waals surface area contributed by atoms with Crippen LogP contribution in [0.5, 0.6) is 0 Å². The number of hydrazine groups is 1. The van der Waals surface area contributed by atoms with Gasteiger partial charge >= 0.3 is 0 Å². The van der Waals surface area contributed by atoms with Crippen molar-refractivity contribution < 1.29 is 17.6 Å². The van der Waals surface area contributed by atoms with Gasteiger partial charge in [-0.3, -0.25) is 11.3 Å². The summed E-state index contributed by atoms with van der Waals surface area (Å²) < 4.78 is 53.9. The zero-order valence-electron chi connectivity index (χ0n) is 11.0. The van der Waals surface area contributed by atoms with Gasteiger partial charge in [-0.15, -0.1) is 0 Å². The summed E-state index contributed by atoms with van der Waals surface area (Å²) in [7, 11) is 0. The Morgan fingerprint density at radius 3 is 2.19 bits per heavy atom. The molecule has 0 spiro atoms. The average molecular weight is 298 g/mol. The average Bonchev–Trinajstić information content (AvgIpc) is 2.45. The van der Waals surface area contributed by atoms with Crippen LogP contribution in [-0.2, 0) is 12.8 Å². The fourth-order valence-corrected chi connectivity index (χ4v) is 2.13. The molecule has 6 heteroatoms. The van der Waals surface area contributed by atoms with Crippen LogP contribution in [0.1, 0.15) is 11.1 Å². The maximum Gasteiger partial charge on any atom is 0.129 e. The highest BCUT2D eigenvalue weighted by Gasteiger charge is 2.17. The number of halogens is 4. The van der Waals surface area contributed by atoms with Gasteiger partial charge in [-0.1, -0.05) is 6.07 Å². The molecule has 0 aliphatic carbocycles. The second kappa shape index (κ2) is 6.69. The number of hydrogen-bond donors (Lipinski definition) is 2. The summed E-state index contributed by atoms with van der Waals surface area (Å²) in [6.07, 6.45) is -0.0706. The lowest BCUT2D eigenvalue weighted by Crippen LogP contribution is -2.39. The van der Waals surface area contributed by atoms with Crippen LogP contribution in [0.2, 0.25) is 0 Å². The van der Waals surface area contributed by atoms with Gasteiger partial charge in [0.2, 0.25) is 0 Å². The Kier molecular flexibility index (Phi) is 4.93. The Morgan fingerprint density at radius 2 is 1.57 bits per heavy atom. The Bertz CT molecular complexity index is 611. The molecule has 0 radical (unpaired) electrons. The van der Waals surface area contributed by atoms with E-state index < -0.39 is 29.3 Å². The highest BCUT2D eigenvalue weighted by molar-refractivity contribution is 5.23. The summed E-state index contributed by atoms with van der Waals surface area (Å²) in [5.74, 6) is 2.77. The van der Waals surface area contributed by atoms with Gasteiger partial charge in [0.15, 0.2) is 0 Å². The summed E-state index contributed by atoms with van der Waals surface area (Å²) in [5, 5.41) is 0. The first kappa shape index (κ1) is 15.5. The van der Waals surface area contributed by atoms with Crippen molar-refractivity contribution in [1.29, 1.82) is 0 Å². The molecule has 0 fully saturated rings. The molecule has 0 saturated carbocycles. The second-order valence-corrected chi connectivity index (χ2v) is 4.71. The molecule has 2 rings (SSSR count). The zero-order valence-corrected chi connectivity index (χ0v) is 11.0. The van der Waals surface area contributed by atoms with E-state index in [1.54, 1.807) is 0 Å². The van der Waals surface area contributed by atoms with Gasteiger partial charge < -0.3 is 0 Å². The van der Waals surface area contributed by atoms with Gasteiger partial charge in [-0.25, -0.2) is 17.6 Å². The van der Waals surface area contributed by atoms with Crippen LogP contribution in [0.25, 0.3) is 0 Å². The molecule has 0 amide bonds. The van der Waals surface area contributed by atoms with Crippen LogP contribution in [0.3, 0.4) is 0 Å². The number of benzene rings is 2. The minimum atomic E-state index is -0.699. The van der Waals surface area contributed by atoms with Crippen molar-refractivity contribution >= 4 is 0 Å². The molecule has 0 aromatic heterocycles. The molecule has 0 heterocycles. The summed E-state index contributed by atoms with van der Waals surface area (Å²) in [6.45, 7) is 0. The number of hydrogen-bond acceptors (Lipinski definition) is 2. The molecule has 2 nitrogen and oxygen atoms in total. The minimum absolute atomic E-state index is 0.00781. The lowest BCUT2D eigenvalue weighted by molar-refractivity contribution is 0.474. The first-order chi connectivity index (χ1) is 10.0. The number of rotatable bonds is 5. The molecule has 21 heavy (non-hydrogen) atoms. The van der Waals surface area contributed by atoms with Crippen molar-refractivity contribution in [2.45, 2.75) is 18.9 Å². The maximum absolute atomic E-state index is 13.6. The summed E-state index contributed by atoms with van der Waals surface area (Å²) >= 11 is 0. The van der Waals surface area contributed by atoms with E-state index in [2.05, 4.69) is 5.43 Å². The fourth-order valence-electron chi connectivity index (χ4n) is 2.13. The fraction of sp³-hybridized carbons (Fsp3) is 0.200. The van der Waals surface area contributed by atoms with E-state index in [1.165, 1.54) is 6.07 Å². The van der Waals surface area contributed by atoms with Crippen LogP contribution >= 0.6 is 0 Å². The molecule has 2 aromatic rings. The monoisotopic (exact) mass is 298 g/mol. The van der Waals surface area contributed by atoms with Gasteiger partial charge in [0.25, 0.3) is 0 Å². The summed E-state index contributed by atoms with van der Waals surface area (Å²) in [4.78, 5) is 0. The lowest BCUT2D eigenvalue weighted by atomic mass is 9.98. The van der Waals surface area contributed by atoms with Crippen molar-refractivity contribution in [2.75, 3.05) is 0 Å². The molecule has 3 N–H and O–H groups in total.